The molecule has 8 nitrogen and oxygen atoms in total. The van der Waals surface area contributed by atoms with Crippen LogP contribution in [0.3, 0.4) is 0 Å². The van der Waals surface area contributed by atoms with Crippen LogP contribution < -0.4 is 15.4 Å². The summed E-state index contributed by atoms with van der Waals surface area (Å²) in [6.45, 7) is 10.1. The lowest BCUT2D eigenvalue weighted by Gasteiger charge is -2.39. The van der Waals surface area contributed by atoms with Gasteiger partial charge in [-0.15, -0.1) is 0 Å². The summed E-state index contributed by atoms with van der Waals surface area (Å²) in [5, 5.41) is 7.46. The molecule has 1 aliphatic rings. The number of halogens is 1. The van der Waals surface area contributed by atoms with E-state index in [-0.39, 0.29) is 5.91 Å². The highest BCUT2D eigenvalue weighted by Gasteiger charge is 2.26. The number of carbonyl (C=O) groups excluding carboxylic acids is 1. The highest BCUT2D eigenvalue weighted by atomic mass is 35.5. The van der Waals surface area contributed by atoms with Gasteiger partial charge in [-0.05, 0) is 38.5 Å². The SMILES string of the molecule is C=C/C(=C\C(Cl)=C(C)C)Nc1ncnc2cc(OC)c(NC(=O)/C=C/CN3CC[C@@H]3COC)cc12. The zero-order valence-corrected chi connectivity index (χ0v) is 21.4. The van der Waals surface area contributed by atoms with Crippen molar-refractivity contribution in [1.29, 1.82) is 0 Å². The molecule has 186 valence electrons. The molecule has 0 radical (unpaired) electrons. The summed E-state index contributed by atoms with van der Waals surface area (Å²) in [7, 11) is 3.25. The average Bonchev–Trinajstić information content (AvgIpc) is 2.83. The Morgan fingerprint density at radius 1 is 1.29 bits per heavy atom. The number of fused-ring (bicyclic) bond motifs is 1. The van der Waals surface area contributed by atoms with Crippen LogP contribution in [-0.2, 0) is 9.53 Å². The van der Waals surface area contributed by atoms with Crippen LogP contribution in [0.4, 0.5) is 11.5 Å². The molecule has 1 aliphatic heterocycles. The quantitative estimate of drug-likeness (QED) is 0.338. The lowest BCUT2D eigenvalue weighted by Crippen LogP contribution is -2.50. The van der Waals surface area contributed by atoms with Gasteiger partial charge < -0.3 is 20.1 Å². The van der Waals surface area contributed by atoms with E-state index in [1.54, 1.807) is 38.5 Å². The van der Waals surface area contributed by atoms with Crippen LogP contribution in [0.5, 0.6) is 5.75 Å². The van der Waals surface area contributed by atoms with E-state index in [4.69, 9.17) is 21.1 Å². The Bertz CT molecular complexity index is 1170. The molecule has 0 aliphatic carbocycles. The molecule has 1 aromatic carbocycles. The van der Waals surface area contributed by atoms with Gasteiger partial charge in [0.15, 0.2) is 0 Å². The van der Waals surface area contributed by atoms with Gasteiger partial charge in [-0.25, -0.2) is 9.97 Å². The fraction of sp³-hybridized carbons (Fsp3) is 0.346. The maximum atomic E-state index is 12.6. The van der Waals surface area contributed by atoms with Gasteiger partial charge in [0.05, 0.1) is 24.9 Å². The predicted molar refractivity (Wildman–Crippen MR) is 142 cm³/mol. The number of hydrogen-bond acceptors (Lipinski definition) is 7. The molecule has 1 fully saturated rings. The van der Waals surface area contributed by atoms with Gasteiger partial charge in [0.1, 0.15) is 17.9 Å². The number of aromatic nitrogens is 2. The second kappa shape index (κ2) is 12.5. The minimum atomic E-state index is -0.250. The van der Waals surface area contributed by atoms with Gasteiger partial charge in [0, 0.05) is 54.5 Å². The third-order valence-corrected chi connectivity index (χ3v) is 6.18. The van der Waals surface area contributed by atoms with E-state index in [2.05, 4.69) is 32.1 Å². The van der Waals surface area contributed by atoms with E-state index < -0.39 is 0 Å². The van der Waals surface area contributed by atoms with Gasteiger partial charge in [-0.3, -0.25) is 9.69 Å². The van der Waals surface area contributed by atoms with E-state index in [9.17, 15) is 4.79 Å². The third-order valence-electron chi connectivity index (χ3n) is 5.69. The lowest BCUT2D eigenvalue weighted by atomic mass is 10.0. The Morgan fingerprint density at radius 2 is 2.09 bits per heavy atom. The van der Waals surface area contributed by atoms with Crippen molar-refractivity contribution < 1.29 is 14.3 Å². The van der Waals surface area contributed by atoms with Crippen LogP contribution in [0.2, 0.25) is 0 Å². The van der Waals surface area contributed by atoms with Crippen LogP contribution in [0.25, 0.3) is 10.9 Å². The summed E-state index contributed by atoms with van der Waals surface area (Å²) in [4.78, 5) is 23.6. The summed E-state index contributed by atoms with van der Waals surface area (Å²) >= 11 is 6.30. The number of allylic oxidation sites excluding steroid dienone is 4. The summed E-state index contributed by atoms with van der Waals surface area (Å²) in [6.07, 6.45) is 9.40. The van der Waals surface area contributed by atoms with Crippen molar-refractivity contribution in [3.05, 3.63) is 65.6 Å². The maximum absolute atomic E-state index is 12.6. The summed E-state index contributed by atoms with van der Waals surface area (Å²) in [5.41, 5.74) is 2.83. The Hall–Kier alpha value is -3.20. The monoisotopic (exact) mass is 497 g/mol. The van der Waals surface area contributed by atoms with Crippen molar-refractivity contribution in [2.45, 2.75) is 26.3 Å². The number of rotatable bonds is 11. The molecular weight excluding hydrogens is 466 g/mol. The number of amides is 1. The largest absolute Gasteiger partial charge is 0.494 e. The first kappa shape index (κ1) is 26.4. The normalized spacial score (nSPS) is 16.1. The molecule has 0 saturated carbocycles. The number of anilines is 2. The zero-order chi connectivity index (χ0) is 25.4. The second-order valence-electron chi connectivity index (χ2n) is 8.35. The Kier molecular flexibility index (Phi) is 9.42. The average molecular weight is 498 g/mol. The molecule has 1 amide bonds. The number of benzene rings is 1. The number of hydrogen-bond donors (Lipinski definition) is 2. The van der Waals surface area contributed by atoms with Gasteiger partial charge in [-0.2, -0.15) is 0 Å². The van der Waals surface area contributed by atoms with E-state index in [1.165, 1.54) is 12.4 Å². The molecule has 0 bridgehead atoms. The third kappa shape index (κ3) is 6.91. The first-order valence-electron chi connectivity index (χ1n) is 11.3. The van der Waals surface area contributed by atoms with Gasteiger partial charge in [0.25, 0.3) is 0 Å². The predicted octanol–water partition coefficient (Wildman–Crippen LogP) is 4.87. The number of nitrogens with one attached hydrogen (secondary N) is 2. The second-order valence-corrected chi connectivity index (χ2v) is 8.76. The Balaban J connectivity index is 1.81. The molecule has 2 aromatic rings. The number of methoxy groups -OCH3 is 2. The van der Waals surface area contributed by atoms with Crippen molar-refractivity contribution in [2.24, 2.45) is 0 Å². The molecular formula is C26H32ClN5O3. The number of likely N-dealkylation sites (tertiary alicyclic amines) is 1. The molecule has 1 aromatic heterocycles. The van der Waals surface area contributed by atoms with Crippen LogP contribution in [0.15, 0.2) is 65.6 Å². The minimum Gasteiger partial charge on any atom is -0.494 e. The molecule has 3 rings (SSSR count). The summed E-state index contributed by atoms with van der Waals surface area (Å²) < 4.78 is 10.7. The minimum absolute atomic E-state index is 0.250. The summed E-state index contributed by atoms with van der Waals surface area (Å²) in [6, 6.07) is 3.97. The standard InChI is InChI=1S/C26H32ClN5O3/c1-6-18(12-21(27)17(2)3)30-26-20-13-23(24(35-5)14-22(20)28-16-29-26)31-25(33)8-7-10-32-11-9-19(32)15-34-4/h6-8,12-14,16,19H,1,9-11,15H2,2-5H3,(H,31,33)(H,28,29,30)/b8-7+,18-12+/t19-/m1/s1. The van der Waals surface area contributed by atoms with Crippen LogP contribution in [-0.4, -0.2) is 60.7 Å². The van der Waals surface area contributed by atoms with Crippen LogP contribution in [0.1, 0.15) is 20.3 Å². The number of ether oxygens (including phenoxy) is 2. The van der Waals surface area contributed by atoms with Crippen molar-refractivity contribution in [3.63, 3.8) is 0 Å². The van der Waals surface area contributed by atoms with E-state index in [0.717, 1.165) is 18.5 Å². The Labute approximate surface area is 211 Å². The molecule has 9 heteroatoms. The fourth-order valence-electron chi connectivity index (χ4n) is 3.60. The highest BCUT2D eigenvalue weighted by Crippen LogP contribution is 2.32. The topological polar surface area (TPSA) is 88.6 Å². The summed E-state index contributed by atoms with van der Waals surface area (Å²) in [5.74, 6) is 0.800. The number of nitrogens with zero attached hydrogens (tertiary/aromatic N) is 3. The van der Waals surface area contributed by atoms with E-state index in [0.29, 0.717) is 58.1 Å². The lowest BCUT2D eigenvalue weighted by molar-refractivity contribution is -0.111. The molecule has 1 atom stereocenters. The molecule has 1 saturated heterocycles. The van der Waals surface area contributed by atoms with Crippen molar-refractivity contribution >= 4 is 39.9 Å². The first-order valence-corrected chi connectivity index (χ1v) is 11.7. The van der Waals surface area contributed by atoms with Gasteiger partial charge in [-0.1, -0.05) is 29.8 Å². The van der Waals surface area contributed by atoms with Crippen molar-refractivity contribution in [1.82, 2.24) is 14.9 Å². The molecule has 35 heavy (non-hydrogen) atoms. The van der Waals surface area contributed by atoms with Gasteiger partial charge >= 0.3 is 0 Å². The first-order chi connectivity index (χ1) is 16.9. The highest BCUT2D eigenvalue weighted by molar-refractivity contribution is 6.31. The maximum Gasteiger partial charge on any atom is 0.248 e. The van der Waals surface area contributed by atoms with E-state index >= 15 is 0 Å². The van der Waals surface area contributed by atoms with Crippen molar-refractivity contribution in [2.75, 3.05) is 44.5 Å². The zero-order valence-electron chi connectivity index (χ0n) is 20.6. The van der Waals surface area contributed by atoms with Crippen molar-refractivity contribution in [3.8, 4) is 5.75 Å². The number of carbonyl (C=O) groups is 1. The van der Waals surface area contributed by atoms with Crippen LogP contribution in [0, 0.1) is 0 Å². The van der Waals surface area contributed by atoms with E-state index in [1.807, 2.05) is 19.9 Å². The molecule has 2 heterocycles. The molecule has 2 N–H and O–H groups in total. The smallest absolute Gasteiger partial charge is 0.248 e. The molecule has 0 unspecified atom stereocenters. The Morgan fingerprint density at radius 3 is 2.71 bits per heavy atom. The van der Waals surface area contributed by atoms with Gasteiger partial charge in [0.2, 0.25) is 5.91 Å². The van der Waals surface area contributed by atoms with Crippen LogP contribution >= 0.6 is 11.6 Å². The fourth-order valence-corrected chi connectivity index (χ4v) is 3.72. The molecule has 0 spiro atoms.